The number of carbonyl (C=O) groups excluding carboxylic acids is 1. The number of hydrogen-bond acceptors (Lipinski definition) is 4. The number of pyridine rings is 1. The van der Waals surface area contributed by atoms with Gasteiger partial charge in [-0.2, -0.15) is 10.4 Å². The molecule has 156 valence electrons. The Labute approximate surface area is 185 Å². The topological polar surface area (TPSA) is 83.6 Å². The summed E-state index contributed by atoms with van der Waals surface area (Å²) in [5.41, 5.74) is 4.34. The molecule has 1 N–H and O–H groups in total. The second kappa shape index (κ2) is 7.03. The number of hydrogen-bond donors (Lipinski definition) is 1. The van der Waals surface area contributed by atoms with Gasteiger partial charge in [0.05, 0.1) is 23.2 Å². The predicted molar refractivity (Wildman–Crippen MR) is 123 cm³/mol. The Balaban J connectivity index is 1.50. The maximum atomic E-state index is 12.5. The predicted octanol–water partition coefficient (Wildman–Crippen LogP) is 5.25. The highest BCUT2D eigenvalue weighted by Crippen LogP contribution is 2.46. The average molecular weight is 419 g/mol. The third-order valence-electron chi connectivity index (χ3n) is 6.76. The van der Waals surface area contributed by atoms with Gasteiger partial charge < -0.3 is 5.32 Å². The lowest BCUT2D eigenvalue weighted by atomic mass is 9.91. The molecular weight excluding hydrogens is 398 g/mol. The third-order valence-corrected chi connectivity index (χ3v) is 6.76. The minimum absolute atomic E-state index is 0.0324. The fraction of sp³-hybridized carbons (Fsp3) is 0.231. The van der Waals surface area contributed by atoms with Crippen molar-refractivity contribution in [1.29, 1.82) is 5.26 Å². The van der Waals surface area contributed by atoms with Crippen molar-refractivity contribution in [3.63, 3.8) is 0 Å². The van der Waals surface area contributed by atoms with Gasteiger partial charge in [0, 0.05) is 16.5 Å². The molecule has 2 aromatic heterocycles. The molecule has 1 aliphatic heterocycles. The van der Waals surface area contributed by atoms with E-state index in [-0.39, 0.29) is 11.4 Å². The fourth-order valence-electron chi connectivity index (χ4n) is 5.19. The number of nitrogens with zero attached hydrogens (tertiary/aromatic N) is 4. The van der Waals surface area contributed by atoms with Crippen LogP contribution in [0.3, 0.4) is 0 Å². The number of rotatable bonds is 2. The number of carbonyl (C=O) groups is 1. The summed E-state index contributed by atoms with van der Waals surface area (Å²) in [6.07, 6.45) is 4.40. The molecule has 6 rings (SSSR count). The van der Waals surface area contributed by atoms with Crippen molar-refractivity contribution in [2.75, 3.05) is 5.32 Å². The number of fused-ring (bicyclic) bond motifs is 3. The van der Waals surface area contributed by atoms with E-state index in [1.54, 1.807) is 0 Å². The molecule has 6 heteroatoms. The molecule has 3 heterocycles. The summed E-state index contributed by atoms with van der Waals surface area (Å²) >= 11 is 0. The summed E-state index contributed by atoms with van der Waals surface area (Å²) < 4.78 is 1.92. The van der Waals surface area contributed by atoms with Crippen LogP contribution in [-0.4, -0.2) is 20.7 Å². The zero-order valence-corrected chi connectivity index (χ0v) is 17.5. The van der Waals surface area contributed by atoms with E-state index < -0.39 is 0 Å². The van der Waals surface area contributed by atoms with Crippen molar-refractivity contribution in [2.45, 2.75) is 37.6 Å². The minimum Gasteiger partial charge on any atom is -0.310 e. The van der Waals surface area contributed by atoms with Crippen LogP contribution in [0.5, 0.6) is 0 Å². The molecule has 1 aliphatic carbocycles. The van der Waals surface area contributed by atoms with Crippen LogP contribution in [0.1, 0.15) is 37.7 Å². The SMILES string of the molecule is N#Cc1c(-c2ccc3ccc(-c4ccccc4)nc3c2)nn2c1NC(=O)CC21CCCC1. The van der Waals surface area contributed by atoms with Gasteiger partial charge in [0.25, 0.3) is 0 Å². The van der Waals surface area contributed by atoms with Crippen molar-refractivity contribution in [3.05, 3.63) is 66.2 Å². The monoisotopic (exact) mass is 419 g/mol. The average Bonchev–Trinajstić information content (AvgIpc) is 3.44. The summed E-state index contributed by atoms with van der Waals surface area (Å²) in [6.45, 7) is 0. The van der Waals surface area contributed by atoms with Gasteiger partial charge >= 0.3 is 0 Å². The van der Waals surface area contributed by atoms with Gasteiger partial charge in [-0.25, -0.2) is 9.67 Å². The first-order chi connectivity index (χ1) is 15.7. The first-order valence-electron chi connectivity index (χ1n) is 11.0. The smallest absolute Gasteiger partial charge is 0.227 e. The lowest BCUT2D eigenvalue weighted by molar-refractivity contribution is -0.119. The molecule has 0 bridgehead atoms. The molecule has 6 nitrogen and oxygen atoms in total. The molecule has 4 aromatic rings. The van der Waals surface area contributed by atoms with Crippen LogP contribution < -0.4 is 5.32 Å². The molecule has 0 unspecified atom stereocenters. The highest BCUT2D eigenvalue weighted by molar-refractivity contribution is 5.95. The van der Waals surface area contributed by atoms with E-state index in [1.165, 1.54) is 0 Å². The third kappa shape index (κ3) is 2.82. The van der Waals surface area contributed by atoms with Crippen LogP contribution in [0.4, 0.5) is 5.82 Å². The van der Waals surface area contributed by atoms with E-state index in [2.05, 4.69) is 17.5 Å². The summed E-state index contributed by atoms with van der Waals surface area (Å²) in [6, 6.07) is 22.4. The molecule has 2 aliphatic rings. The summed E-state index contributed by atoms with van der Waals surface area (Å²) in [5.74, 6) is 0.502. The highest BCUT2D eigenvalue weighted by Gasteiger charge is 2.44. The highest BCUT2D eigenvalue weighted by atomic mass is 16.2. The van der Waals surface area contributed by atoms with Crippen molar-refractivity contribution in [2.24, 2.45) is 0 Å². The molecule has 32 heavy (non-hydrogen) atoms. The zero-order chi connectivity index (χ0) is 21.7. The summed E-state index contributed by atoms with van der Waals surface area (Å²) in [4.78, 5) is 17.3. The minimum atomic E-state index is -0.308. The van der Waals surface area contributed by atoms with Crippen LogP contribution in [0.25, 0.3) is 33.4 Å². The van der Waals surface area contributed by atoms with Gasteiger partial charge in [-0.05, 0) is 25.0 Å². The lowest BCUT2D eigenvalue weighted by Crippen LogP contribution is -2.41. The maximum absolute atomic E-state index is 12.5. The molecule has 1 fully saturated rings. The van der Waals surface area contributed by atoms with Gasteiger partial charge in [-0.3, -0.25) is 4.79 Å². The van der Waals surface area contributed by atoms with Gasteiger partial charge in [-0.15, -0.1) is 0 Å². The Bertz CT molecular complexity index is 1410. The largest absolute Gasteiger partial charge is 0.310 e. The molecule has 0 radical (unpaired) electrons. The van der Waals surface area contributed by atoms with Crippen LogP contribution in [0.15, 0.2) is 60.7 Å². The molecule has 2 aromatic carbocycles. The number of aromatic nitrogens is 3. The molecular formula is C26H21N5O. The van der Waals surface area contributed by atoms with Crippen molar-refractivity contribution >= 4 is 22.6 Å². The van der Waals surface area contributed by atoms with Crippen molar-refractivity contribution < 1.29 is 4.79 Å². The van der Waals surface area contributed by atoms with E-state index in [1.807, 2.05) is 59.3 Å². The van der Waals surface area contributed by atoms with E-state index in [9.17, 15) is 10.1 Å². The van der Waals surface area contributed by atoms with Gasteiger partial charge in [0.2, 0.25) is 5.91 Å². The number of amides is 1. The molecule has 1 amide bonds. The normalized spacial score (nSPS) is 16.7. The Morgan fingerprint density at radius 2 is 1.78 bits per heavy atom. The van der Waals surface area contributed by atoms with Crippen LogP contribution in [0.2, 0.25) is 0 Å². The van der Waals surface area contributed by atoms with Crippen molar-refractivity contribution in [3.8, 4) is 28.6 Å². The number of anilines is 1. The Kier molecular flexibility index (Phi) is 4.12. The second-order valence-corrected chi connectivity index (χ2v) is 8.72. The number of nitriles is 1. The van der Waals surface area contributed by atoms with Crippen LogP contribution >= 0.6 is 0 Å². The molecule has 0 saturated heterocycles. The number of benzene rings is 2. The van der Waals surface area contributed by atoms with Gasteiger partial charge in [0.1, 0.15) is 23.1 Å². The van der Waals surface area contributed by atoms with Crippen molar-refractivity contribution in [1.82, 2.24) is 14.8 Å². The summed E-state index contributed by atoms with van der Waals surface area (Å²) in [7, 11) is 0. The number of nitrogens with one attached hydrogen (secondary N) is 1. The van der Waals surface area contributed by atoms with E-state index in [0.717, 1.165) is 53.4 Å². The maximum Gasteiger partial charge on any atom is 0.227 e. The molecule has 1 spiro atoms. The fourth-order valence-corrected chi connectivity index (χ4v) is 5.19. The lowest BCUT2D eigenvalue weighted by Gasteiger charge is -2.34. The van der Waals surface area contributed by atoms with Gasteiger partial charge in [0.15, 0.2) is 0 Å². The zero-order valence-electron chi connectivity index (χ0n) is 17.5. The first kappa shape index (κ1) is 18.8. The second-order valence-electron chi connectivity index (χ2n) is 8.72. The molecule has 1 saturated carbocycles. The standard InChI is InChI=1S/C26H21N5O/c27-16-20-24(30-31-25(20)29-23(32)15-26(31)12-4-5-13-26)19-9-8-18-10-11-21(28-22(18)14-19)17-6-2-1-3-7-17/h1-3,6-11,14H,4-5,12-13,15H2,(H,29,32). The van der Waals surface area contributed by atoms with E-state index in [0.29, 0.717) is 23.5 Å². The van der Waals surface area contributed by atoms with E-state index in [4.69, 9.17) is 10.1 Å². The molecule has 0 atom stereocenters. The van der Waals surface area contributed by atoms with Gasteiger partial charge in [-0.1, -0.05) is 61.4 Å². The summed E-state index contributed by atoms with van der Waals surface area (Å²) in [5, 5.41) is 18.8. The Morgan fingerprint density at radius 3 is 2.56 bits per heavy atom. The quantitative estimate of drug-likeness (QED) is 0.481. The van der Waals surface area contributed by atoms with Crippen LogP contribution in [-0.2, 0) is 10.3 Å². The van der Waals surface area contributed by atoms with Crippen LogP contribution in [0, 0.1) is 11.3 Å². The Morgan fingerprint density at radius 1 is 1.00 bits per heavy atom. The first-order valence-corrected chi connectivity index (χ1v) is 11.0. The Hall–Kier alpha value is -3.98. The van der Waals surface area contributed by atoms with E-state index >= 15 is 0 Å².